The first-order valence-electron chi connectivity index (χ1n) is 9.78. The molecular formula is C23H22N4O3S. The second-order valence-electron chi connectivity index (χ2n) is 7.24. The highest BCUT2D eigenvalue weighted by Gasteiger charge is 2.21. The van der Waals surface area contributed by atoms with Gasteiger partial charge in [0.15, 0.2) is 10.9 Å². The summed E-state index contributed by atoms with van der Waals surface area (Å²) in [6, 6.07) is 13.0. The molecule has 0 spiro atoms. The van der Waals surface area contributed by atoms with Crippen LogP contribution in [0.2, 0.25) is 0 Å². The number of para-hydroxylation sites is 2. The molecule has 0 amide bonds. The van der Waals surface area contributed by atoms with Crippen molar-refractivity contribution in [3.8, 4) is 11.4 Å². The van der Waals surface area contributed by atoms with E-state index in [-0.39, 0.29) is 22.2 Å². The maximum Gasteiger partial charge on any atom is 0.300 e. The lowest BCUT2D eigenvalue weighted by molar-refractivity contribution is 0.0993. The molecule has 0 saturated carbocycles. The number of benzene rings is 2. The second-order valence-corrected chi connectivity index (χ2v) is 8.55. The van der Waals surface area contributed by atoms with Gasteiger partial charge in [-0.15, -0.1) is 10.2 Å². The molecular weight excluding hydrogens is 412 g/mol. The van der Waals surface area contributed by atoms with E-state index in [1.165, 1.54) is 16.3 Å². The van der Waals surface area contributed by atoms with Crippen molar-refractivity contribution < 1.29 is 9.53 Å². The summed E-state index contributed by atoms with van der Waals surface area (Å²) in [5, 5.41) is 8.34. The zero-order chi connectivity index (χ0) is 22.1. The second kappa shape index (κ2) is 8.39. The third-order valence-corrected chi connectivity index (χ3v) is 6.28. The van der Waals surface area contributed by atoms with E-state index in [0.29, 0.717) is 22.2 Å². The summed E-state index contributed by atoms with van der Waals surface area (Å²) < 4.78 is 8.45. The average molecular weight is 435 g/mol. The molecule has 0 fully saturated rings. The summed E-state index contributed by atoms with van der Waals surface area (Å²) in [6.07, 6.45) is 3.37. The smallest absolute Gasteiger partial charge is 0.300 e. The quantitative estimate of drug-likeness (QED) is 0.339. The number of ketones is 1. The molecule has 0 aliphatic carbocycles. The molecule has 2 aromatic heterocycles. The highest BCUT2D eigenvalue weighted by atomic mass is 32.2. The van der Waals surface area contributed by atoms with E-state index >= 15 is 0 Å². The minimum absolute atomic E-state index is 0.00668. The van der Waals surface area contributed by atoms with Gasteiger partial charge in [0.25, 0.3) is 0 Å². The van der Waals surface area contributed by atoms with Gasteiger partial charge in [0.1, 0.15) is 5.75 Å². The third kappa shape index (κ3) is 3.86. The maximum atomic E-state index is 13.0. The Labute approximate surface area is 183 Å². The number of fused-ring (bicyclic) bond motifs is 1. The molecule has 0 unspecified atom stereocenters. The van der Waals surface area contributed by atoms with E-state index in [1.54, 1.807) is 36.0 Å². The van der Waals surface area contributed by atoms with Gasteiger partial charge in [0.05, 0.1) is 18.0 Å². The van der Waals surface area contributed by atoms with Crippen molar-refractivity contribution in [1.29, 1.82) is 0 Å². The summed E-state index contributed by atoms with van der Waals surface area (Å²) in [5.41, 5.74) is 3.36. The lowest BCUT2D eigenvalue weighted by Crippen LogP contribution is -2.21. The van der Waals surface area contributed by atoms with Crippen LogP contribution in [0.25, 0.3) is 11.3 Å². The van der Waals surface area contributed by atoms with E-state index in [4.69, 9.17) is 4.74 Å². The molecule has 158 valence electrons. The van der Waals surface area contributed by atoms with Gasteiger partial charge in [-0.3, -0.25) is 18.6 Å². The fourth-order valence-electron chi connectivity index (χ4n) is 3.31. The molecule has 0 aliphatic heterocycles. The molecule has 0 N–H and O–H groups in total. The lowest BCUT2D eigenvalue weighted by Gasteiger charge is -2.12. The normalized spacial score (nSPS) is 12.1. The monoisotopic (exact) mass is 434 g/mol. The molecule has 4 aromatic rings. The van der Waals surface area contributed by atoms with Gasteiger partial charge < -0.3 is 4.74 Å². The van der Waals surface area contributed by atoms with Gasteiger partial charge in [-0.1, -0.05) is 36.0 Å². The molecule has 2 heterocycles. The number of carbonyl (C=O) groups is 1. The van der Waals surface area contributed by atoms with Crippen molar-refractivity contribution in [3.05, 3.63) is 81.9 Å². The Morgan fingerprint density at radius 3 is 2.58 bits per heavy atom. The lowest BCUT2D eigenvalue weighted by atomic mass is 10.0. The number of hydrogen-bond acceptors (Lipinski definition) is 6. The summed E-state index contributed by atoms with van der Waals surface area (Å²) in [7, 11) is 1.56. The van der Waals surface area contributed by atoms with Crippen LogP contribution in [0.4, 0.5) is 0 Å². The number of methoxy groups -OCH3 is 1. The number of aryl methyl sites for hydroxylation is 2. The number of carbonyl (C=O) groups excluding carboxylic acids is 1. The summed E-state index contributed by atoms with van der Waals surface area (Å²) in [5.74, 6) is 0.586. The van der Waals surface area contributed by atoms with Crippen LogP contribution >= 0.6 is 11.8 Å². The number of Topliss-reactive ketones (excluding diaryl/α,β-unsaturated/α-hetero) is 1. The Bertz CT molecular complexity index is 1340. The zero-order valence-corrected chi connectivity index (χ0v) is 18.5. The molecule has 0 aliphatic rings. The molecule has 0 saturated heterocycles. The predicted molar refractivity (Wildman–Crippen MR) is 121 cm³/mol. The molecule has 0 bridgehead atoms. The minimum atomic E-state index is -0.383. The largest absolute Gasteiger partial charge is 0.495 e. The number of hydrogen-bond donors (Lipinski definition) is 0. The zero-order valence-electron chi connectivity index (χ0n) is 17.7. The number of aromatic nitrogens is 4. The first kappa shape index (κ1) is 20.9. The summed E-state index contributed by atoms with van der Waals surface area (Å²) in [6.45, 7) is 5.84. The van der Waals surface area contributed by atoms with Crippen molar-refractivity contribution in [2.24, 2.45) is 0 Å². The van der Waals surface area contributed by atoms with Gasteiger partial charge in [-0.05, 0) is 50.1 Å². The number of nitrogens with zero attached hydrogens (tertiary/aromatic N) is 4. The first-order chi connectivity index (χ1) is 14.9. The summed E-state index contributed by atoms with van der Waals surface area (Å²) >= 11 is 1.28. The minimum Gasteiger partial charge on any atom is -0.495 e. The molecule has 2 aromatic carbocycles. The molecule has 7 nitrogen and oxygen atoms in total. The van der Waals surface area contributed by atoms with Crippen LogP contribution in [0.15, 0.2) is 64.8 Å². The van der Waals surface area contributed by atoms with Crippen molar-refractivity contribution in [3.63, 3.8) is 0 Å². The number of ether oxygens (including phenoxy) is 1. The van der Waals surface area contributed by atoms with E-state index in [9.17, 15) is 9.59 Å². The van der Waals surface area contributed by atoms with Crippen LogP contribution in [-0.2, 0) is 0 Å². The van der Waals surface area contributed by atoms with Crippen molar-refractivity contribution >= 4 is 23.2 Å². The number of rotatable bonds is 6. The van der Waals surface area contributed by atoms with E-state index in [1.807, 2.05) is 51.1 Å². The molecule has 1 atom stereocenters. The van der Waals surface area contributed by atoms with E-state index < -0.39 is 0 Å². The molecule has 8 heteroatoms. The van der Waals surface area contributed by atoms with Crippen molar-refractivity contribution in [1.82, 2.24) is 19.2 Å². The molecule has 31 heavy (non-hydrogen) atoms. The third-order valence-electron chi connectivity index (χ3n) is 5.23. The molecule has 4 rings (SSSR count). The fourth-order valence-corrected chi connectivity index (χ4v) is 4.21. The van der Waals surface area contributed by atoms with Crippen molar-refractivity contribution in [2.75, 3.05) is 7.11 Å². The Morgan fingerprint density at radius 1 is 1.06 bits per heavy atom. The highest BCUT2D eigenvalue weighted by molar-refractivity contribution is 8.00. The molecule has 0 radical (unpaired) electrons. The van der Waals surface area contributed by atoms with Crippen LogP contribution in [0.1, 0.15) is 28.4 Å². The van der Waals surface area contributed by atoms with Crippen LogP contribution in [0.5, 0.6) is 5.75 Å². The Balaban J connectivity index is 1.65. The Kier molecular flexibility index (Phi) is 5.65. The van der Waals surface area contributed by atoms with Gasteiger partial charge in [0, 0.05) is 18.0 Å². The first-order valence-corrected chi connectivity index (χ1v) is 10.7. The van der Waals surface area contributed by atoms with Crippen molar-refractivity contribution in [2.45, 2.75) is 31.2 Å². The van der Waals surface area contributed by atoms with Gasteiger partial charge in [-0.2, -0.15) is 0 Å². The topological polar surface area (TPSA) is 78.5 Å². The maximum absolute atomic E-state index is 13.0. The van der Waals surface area contributed by atoms with Gasteiger partial charge in [0.2, 0.25) is 5.65 Å². The number of thioether (sulfide) groups is 1. The standard InChI is InChI=1S/C23H22N4O3S/c1-14-9-10-17(13-15(14)2)20(28)16(3)31-23-25-24-21-22(29)26(11-12-27(21)23)18-7-5-6-8-19(18)30-4/h5-13,16H,1-4H3/t16-/m0/s1. The van der Waals surface area contributed by atoms with Crippen LogP contribution in [-0.4, -0.2) is 37.3 Å². The predicted octanol–water partition coefficient (Wildman–Crippen LogP) is 3.87. The van der Waals surface area contributed by atoms with Crippen LogP contribution in [0.3, 0.4) is 0 Å². The summed E-state index contributed by atoms with van der Waals surface area (Å²) in [4.78, 5) is 25.9. The van der Waals surface area contributed by atoms with Gasteiger partial charge >= 0.3 is 5.56 Å². The SMILES string of the molecule is COc1ccccc1-n1ccn2c(S[C@@H](C)C(=O)c3ccc(C)c(C)c3)nnc2c1=O. The Morgan fingerprint density at radius 2 is 1.84 bits per heavy atom. The van der Waals surface area contributed by atoms with E-state index in [2.05, 4.69) is 10.2 Å². The van der Waals surface area contributed by atoms with Gasteiger partial charge in [-0.25, -0.2) is 0 Å². The van der Waals surface area contributed by atoms with E-state index in [0.717, 1.165) is 11.1 Å². The van der Waals surface area contributed by atoms with Crippen LogP contribution < -0.4 is 10.3 Å². The highest BCUT2D eigenvalue weighted by Crippen LogP contribution is 2.26. The fraction of sp³-hybridized carbons (Fsp3) is 0.217. The average Bonchev–Trinajstić information content (AvgIpc) is 3.19. The Hall–Kier alpha value is -3.39. The van der Waals surface area contributed by atoms with Crippen LogP contribution in [0, 0.1) is 13.8 Å².